The highest BCUT2D eigenvalue weighted by Gasteiger charge is 2.10. The lowest BCUT2D eigenvalue weighted by Gasteiger charge is -2.05. The van der Waals surface area contributed by atoms with Crippen molar-refractivity contribution < 1.29 is 4.79 Å². The molecule has 1 heterocycles. The summed E-state index contributed by atoms with van der Waals surface area (Å²) in [6, 6.07) is 14.2. The molecule has 0 spiro atoms. The highest BCUT2D eigenvalue weighted by Crippen LogP contribution is 2.11. The number of carbonyl (C=O) groups excluding carboxylic acids is 1. The van der Waals surface area contributed by atoms with Crippen LogP contribution in [0.5, 0.6) is 0 Å². The molecule has 0 saturated carbocycles. The molecule has 0 aliphatic carbocycles. The number of benzene rings is 2. The lowest BCUT2D eigenvalue weighted by Crippen LogP contribution is -2.26. The zero-order valence-electron chi connectivity index (χ0n) is 11.0. The van der Waals surface area contributed by atoms with Crippen LogP contribution in [0.3, 0.4) is 0 Å². The normalized spacial score (nSPS) is 10.7. The van der Waals surface area contributed by atoms with Gasteiger partial charge >= 0.3 is 0 Å². The first-order valence-electron chi connectivity index (χ1n) is 6.39. The summed E-state index contributed by atoms with van der Waals surface area (Å²) in [6.45, 7) is -0.0642. The third-order valence-electron chi connectivity index (χ3n) is 3.22. The summed E-state index contributed by atoms with van der Waals surface area (Å²) < 4.78 is 2.10. The Balaban J connectivity index is 1.95. The Kier molecular flexibility index (Phi) is 3.66. The Morgan fingerprint density at radius 3 is 2.57 bits per heavy atom. The lowest BCUT2D eigenvalue weighted by atomic mass is 10.1. The molecule has 0 fully saturated rings. The molecule has 1 aromatic heterocycles. The maximum atomic E-state index is 12.3. The van der Waals surface area contributed by atoms with Crippen molar-refractivity contribution in [3.05, 3.63) is 75.1 Å². The molecule has 3 aromatic rings. The van der Waals surface area contributed by atoms with Gasteiger partial charge in [-0.3, -0.25) is 9.59 Å². The Labute approximate surface area is 129 Å². The van der Waals surface area contributed by atoms with Gasteiger partial charge in [-0.2, -0.15) is 5.10 Å². The first-order valence-corrected chi connectivity index (χ1v) is 7.18. The van der Waals surface area contributed by atoms with E-state index in [2.05, 4.69) is 21.0 Å². The maximum Gasteiger partial charge on any atom is 0.275 e. The van der Waals surface area contributed by atoms with E-state index in [1.54, 1.807) is 42.6 Å². The average molecular weight is 343 g/mol. The van der Waals surface area contributed by atoms with Crippen LogP contribution in [0.2, 0.25) is 0 Å². The molecule has 0 N–H and O–H groups in total. The number of rotatable bonds is 3. The first-order chi connectivity index (χ1) is 10.1. The number of ketones is 1. The van der Waals surface area contributed by atoms with E-state index >= 15 is 0 Å². The molecule has 4 nitrogen and oxygen atoms in total. The molecule has 2 aromatic carbocycles. The standard InChI is InChI=1S/C16H11BrN2O2/c17-13-7-5-11(6-8-13)15(20)10-19-16(21)14-4-2-1-3-12(14)9-18-19/h1-9H,10H2. The van der Waals surface area contributed by atoms with E-state index in [1.165, 1.54) is 4.68 Å². The van der Waals surface area contributed by atoms with Crippen molar-refractivity contribution in [1.29, 1.82) is 0 Å². The number of nitrogens with zero attached hydrogens (tertiary/aromatic N) is 2. The summed E-state index contributed by atoms with van der Waals surface area (Å²) in [5, 5.41) is 5.40. The van der Waals surface area contributed by atoms with Gasteiger partial charge in [0.1, 0.15) is 6.54 Å². The first kappa shape index (κ1) is 13.7. The predicted molar refractivity (Wildman–Crippen MR) is 84.5 cm³/mol. The van der Waals surface area contributed by atoms with Crippen LogP contribution >= 0.6 is 15.9 Å². The van der Waals surface area contributed by atoms with Crippen LogP contribution in [0.4, 0.5) is 0 Å². The quantitative estimate of drug-likeness (QED) is 0.687. The summed E-state index contributed by atoms with van der Waals surface area (Å²) in [5.41, 5.74) is 0.304. The van der Waals surface area contributed by atoms with Gasteiger partial charge in [0, 0.05) is 15.4 Å². The van der Waals surface area contributed by atoms with Crippen LogP contribution in [-0.4, -0.2) is 15.6 Å². The van der Waals surface area contributed by atoms with Crippen LogP contribution in [0.1, 0.15) is 10.4 Å². The highest BCUT2D eigenvalue weighted by molar-refractivity contribution is 9.10. The molecular weight excluding hydrogens is 332 g/mol. The van der Waals surface area contributed by atoms with Crippen LogP contribution in [-0.2, 0) is 6.54 Å². The fourth-order valence-corrected chi connectivity index (χ4v) is 2.37. The molecule has 0 atom stereocenters. The molecule has 0 unspecified atom stereocenters. The molecule has 5 heteroatoms. The molecule has 0 bridgehead atoms. The van der Waals surface area contributed by atoms with Crippen molar-refractivity contribution >= 4 is 32.5 Å². The topological polar surface area (TPSA) is 52.0 Å². The third-order valence-corrected chi connectivity index (χ3v) is 3.75. The zero-order valence-corrected chi connectivity index (χ0v) is 12.6. The Morgan fingerprint density at radius 1 is 1.10 bits per heavy atom. The fourth-order valence-electron chi connectivity index (χ4n) is 2.10. The fraction of sp³-hybridized carbons (Fsp3) is 0.0625. The second-order valence-electron chi connectivity index (χ2n) is 4.62. The summed E-state index contributed by atoms with van der Waals surface area (Å²) in [5.74, 6) is -0.146. The van der Waals surface area contributed by atoms with Crippen molar-refractivity contribution in [2.75, 3.05) is 0 Å². The van der Waals surface area contributed by atoms with E-state index in [4.69, 9.17) is 0 Å². The second kappa shape index (κ2) is 5.61. The average Bonchev–Trinajstić information content (AvgIpc) is 2.51. The summed E-state index contributed by atoms with van der Waals surface area (Å²) in [7, 11) is 0. The minimum atomic E-state index is -0.251. The molecule has 104 valence electrons. The lowest BCUT2D eigenvalue weighted by molar-refractivity contribution is 0.0966. The highest BCUT2D eigenvalue weighted by atomic mass is 79.9. The Bertz CT molecular complexity index is 869. The molecule has 0 radical (unpaired) electrons. The molecule has 0 amide bonds. The largest absolute Gasteiger partial charge is 0.292 e. The number of halogens is 1. The van der Waals surface area contributed by atoms with E-state index in [9.17, 15) is 9.59 Å². The number of Topliss-reactive ketones (excluding diaryl/α,β-unsaturated/α-hetero) is 1. The smallest absolute Gasteiger partial charge is 0.275 e. The van der Waals surface area contributed by atoms with Crippen LogP contribution < -0.4 is 5.56 Å². The minimum Gasteiger partial charge on any atom is -0.292 e. The molecule has 0 aliphatic heterocycles. The van der Waals surface area contributed by atoms with Crippen molar-refractivity contribution in [2.24, 2.45) is 0 Å². The Morgan fingerprint density at radius 2 is 1.81 bits per heavy atom. The van der Waals surface area contributed by atoms with Gasteiger partial charge in [0.05, 0.1) is 11.6 Å². The van der Waals surface area contributed by atoms with Gasteiger partial charge in [-0.25, -0.2) is 4.68 Å². The number of aromatic nitrogens is 2. The summed E-state index contributed by atoms with van der Waals surface area (Å²) >= 11 is 3.32. The summed E-state index contributed by atoms with van der Waals surface area (Å²) in [6.07, 6.45) is 1.60. The van der Waals surface area contributed by atoms with Gasteiger partial charge in [-0.1, -0.05) is 46.3 Å². The van der Waals surface area contributed by atoms with E-state index in [1.807, 2.05) is 12.1 Å². The van der Waals surface area contributed by atoms with E-state index < -0.39 is 0 Å². The van der Waals surface area contributed by atoms with E-state index in [0.29, 0.717) is 10.9 Å². The molecule has 0 saturated heterocycles. The SMILES string of the molecule is O=C(Cn1ncc2ccccc2c1=O)c1ccc(Br)cc1. The van der Waals surface area contributed by atoms with Gasteiger partial charge in [-0.05, 0) is 18.2 Å². The predicted octanol–water partition coefficient (Wildman–Crippen LogP) is 3.04. The van der Waals surface area contributed by atoms with Gasteiger partial charge < -0.3 is 0 Å². The van der Waals surface area contributed by atoms with Crippen molar-refractivity contribution in [3.8, 4) is 0 Å². The zero-order chi connectivity index (χ0) is 14.8. The number of hydrogen-bond acceptors (Lipinski definition) is 3. The minimum absolute atomic E-state index is 0.0642. The molecule has 0 aliphatic rings. The maximum absolute atomic E-state index is 12.3. The molecule has 21 heavy (non-hydrogen) atoms. The number of carbonyl (C=O) groups is 1. The van der Waals surface area contributed by atoms with Crippen molar-refractivity contribution in [3.63, 3.8) is 0 Å². The van der Waals surface area contributed by atoms with Gasteiger partial charge in [0.15, 0.2) is 5.78 Å². The summed E-state index contributed by atoms with van der Waals surface area (Å²) in [4.78, 5) is 24.5. The van der Waals surface area contributed by atoms with Crippen molar-refractivity contribution in [1.82, 2.24) is 9.78 Å². The Hall–Kier alpha value is -2.27. The van der Waals surface area contributed by atoms with Crippen LogP contribution in [0.15, 0.2) is 64.0 Å². The van der Waals surface area contributed by atoms with Gasteiger partial charge in [0.2, 0.25) is 0 Å². The van der Waals surface area contributed by atoms with Gasteiger partial charge in [0.25, 0.3) is 5.56 Å². The van der Waals surface area contributed by atoms with E-state index in [-0.39, 0.29) is 17.9 Å². The van der Waals surface area contributed by atoms with Crippen LogP contribution in [0, 0.1) is 0 Å². The third kappa shape index (κ3) is 2.78. The molecular formula is C16H11BrN2O2. The monoisotopic (exact) mass is 342 g/mol. The molecule has 3 rings (SSSR count). The van der Waals surface area contributed by atoms with Crippen LogP contribution in [0.25, 0.3) is 10.8 Å². The van der Waals surface area contributed by atoms with E-state index in [0.717, 1.165) is 9.86 Å². The number of hydrogen-bond donors (Lipinski definition) is 0. The van der Waals surface area contributed by atoms with Crippen molar-refractivity contribution in [2.45, 2.75) is 6.54 Å². The van der Waals surface area contributed by atoms with Gasteiger partial charge in [-0.15, -0.1) is 0 Å². The second-order valence-corrected chi connectivity index (χ2v) is 5.54. The number of fused-ring (bicyclic) bond motifs is 1.